The lowest BCUT2D eigenvalue weighted by atomic mass is 10.0. The van der Waals surface area contributed by atoms with Crippen LogP contribution in [0.5, 0.6) is 0 Å². The molecular formula is C29H58F2N2O2. The van der Waals surface area contributed by atoms with Crippen LogP contribution < -0.4 is 5.32 Å². The molecule has 2 atom stereocenters. The number of hydrogen-bond donors (Lipinski definition) is 3. The van der Waals surface area contributed by atoms with Crippen molar-refractivity contribution >= 4 is 5.71 Å². The van der Waals surface area contributed by atoms with Crippen LogP contribution in [0.1, 0.15) is 94.4 Å². The Morgan fingerprint density at radius 1 is 1.06 bits per heavy atom. The van der Waals surface area contributed by atoms with Crippen molar-refractivity contribution in [3.05, 3.63) is 35.9 Å². The van der Waals surface area contributed by atoms with Gasteiger partial charge in [-0.1, -0.05) is 68.7 Å². The zero-order valence-corrected chi connectivity index (χ0v) is 24.5. The van der Waals surface area contributed by atoms with Crippen molar-refractivity contribution < 1.29 is 18.6 Å². The smallest absolute Gasteiger partial charge is 0.123 e. The zero-order chi connectivity index (χ0) is 28.1. The first-order chi connectivity index (χ1) is 16.6. The van der Waals surface area contributed by atoms with Gasteiger partial charge in [-0.2, -0.15) is 0 Å². The van der Waals surface area contributed by atoms with E-state index >= 15 is 0 Å². The quantitative estimate of drug-likeness (QED) is 0.343. The van der Waals surface area contributed by atoms with Crippen molar-refractivity contribution in [2.75, 3.05) is 33.4 Å². The molecule has 1 aromatic carbocycles. The summed E-state index contributed by atoms with van der Waals surface area (Å²) in [5.74, 6) is 1.38. The average Bonchev–Trinajstić information content (AvgIpc) is 2.88. The predicted octanol–water partition coefficient (Wildman–Crippen LogP) is 8.14. The molecule has 0 saturated carbocycles. The van der Waals surface area contributed by atoms with Gasteiger partial charge in [-0.15, -0.1) is 0 Å². The lowest BCUT2D eigenvalue weighted by Crippen LogP contribution is -2.13. The fraction of sp³-hybridized carbons (Fsp3) is 0.759. The first-order valence-corrected chi connectivity index (χ1v) is 13.4. The zero-order valence-electron chi connectivity index (χ0n) is 24.5. The van der Waals surface area contributed by atoms with Crippen LogP contribution in [-0.2, 0) is 4.74 Å². The van der Waals surface area contributed by atoms with Gasteiger partial charge in [-0.3, -0.25) is 0 Å². The van der Waals surface area contributed by atoms with E-state index in [0.717, 1.165) is 67.9 Å². The van der Waals surface area contributed by atoms with Crippen LogP contribution in [0.3, 0.4) is 0 Å². The summed E-state index contributed by atoms with van der Waals surface area (Å²) in [6.07, 6.45) is 5.95. The lowest BCUT2D eigenvalue weighted by Gasteiger charge is -2.16. The molecule has 1 aromatic rings. The fourth-order valence-corrected chi connectivity index (χ4v) is 2.04. The van der Waals surface area contributed by atoms with E-state index in [1.165, 1.54) is 19.3 Å². The number of benzene rings is 1. The minimum absolute atomic E-state index is 0.233. The summed E-state index contributed by atoms with van der Waals surface area (Å²) in [5.41, 5.74) is 0.882. The van der Waals surface area contributed by atoms with Crippen LogP contribution in [0.2, 0.25) is 0 Å². The number of hydrogen-bond acceptors (Lipinski definition) is 4. The minimum atomic E-state index is -0.411. The van der Waals surface area contributed by atoms with Crippen LogP contribution in [0.4, 0.5) is 8.78 Å². The molecule has 1 saturated heterocycles. The Balaban J connectivity index is -0.000000171. The average molecular weight is 505 g/mol. The number of nitrogens with one attached hydrogen (secondary N) is 2. The highest BCUT2D eigenvalue weighted by atomic mass is 19.1. The van der Waals surface area contributed by atoms with Crippen molar-refractivity contribution in [2.45, 2.75) is 94.4 Å². The van der Waals surface area contributed by atoms with Gasteiger partial charge in [0.1, 0.15) is 11.6 Å². The van der Waals surface area contributed by atoms with Crippen molar-refractivity contribution in [2.24, 2.45) is 17.8 Å². The molecular weight excluding hydrogens is 446 g/mol. The lowest BCUT2D eigenvalue weighted by molar-refractivity contribution is 0.0616. The van der Waals surface area contributed by atoms with E-state index in [1.54, 1.807) is 7.05 Å². The topological polar surface area (TPSA) is 65.3 Å². The van der Waals surface area contributed by atoms with Crippen molar-refractivity contribution in [3.63, 3.8) is 0 Å². The van der Waals surface area contributed by atoms with E-state index in [-0.39, 0.29) is 6.61 Å². The van der Waals surface area contributed by atoms with Gasteiger partial charge < -0.3 is 20.6 Å². The van der Waals surface area contributed by atoms with Gasteiger partial charge in [0, 0.05) is 25.5 Å². The van der Waals surface area contributed by atoms with Crippen LogP contribution in [0, 0.1) is 34.8 Å². The molecule has 35 heavy (non-hydrogen) atoms. The van der Waals surface area contributed by atoms with Gasteiger partial charge in [-0.05, 0) is 74.8 Å². The molecule has 1 aliphatic heterocycles. The molecule has 210 valence electrons. The molecule has 1 heterocycles. The molecule has 2 unspecified atom stereocenters. The summed E-state index contributed by atoms with van der Waals surface area (Å²) in [4.78, 5) is 0. The predicted molar refractivity (Wildman–Crippen MR) is 151 cm³/mol. The molecule has 1 fully saturated rings. The number of aliphatic hydroxyl groups is 1. The number of ether oxygens (including phenoxy) is 1. The van der Waals surface area contributed by atoms with E-state index in [9.17, 15) is 8.78 Å². The summed E-state index contributed by atoms with van der Waals surface area (Å²) < 4.78 is 29.0. The number of aliphatic hydroxyl groups excluding tert-OH is 1. The van der Waals surface area contributed by atoms with Crippen LogP contribution >= 0.6 is 0 Å². The Bertz CT molecular complexity index is 497. The van der Waals surface area contributed by atoms with E-state index in [0.29, 0.717) is 12.5 Å². The van der Waals surface area contributed by atoms with Gasteiger partial charge in [0.15, 0.2) is 0 Å². The molecule has 0 amide bonds. The molecule has 2 rings (SSSR count). The van der Waals surface area contributed by atoms with Gasteiger partial charge in [0.2, 0.25) is 0 Å². The highest BCUT2D eigenvalue weighted by Crippen LogP contribution is 2.10. The molecule has 0 bridgehead atoms. The molecule has 0 aromatic heterocycles. The molecule has 3 N–H and O–H groups in total. The van der Waals surface area contributed by atoms with Crippen LogP contribution in [-0.4, -0.2) is 44.2 Å². The first-order valence-electron chi connectivity index (χ1n) is 13.4. The second kappa shape index (κ2) is 32.6. The third-order valence-electron chi connectivity index (χ3n) is 4.96. The highest BCUT2D eigenvalue weighted by molar-refractivity contribution is 5.83. The van der Waals surface area contributed by atoms with E-state index in [1.807, 2.05) is 20.8 Å². The molecule has 0 aliphatic carbocycles. The third-order valence-corrected chi connectivity index (χ3v) is 4.96. The van der Waals surface area contributed by atoms with E-state index in [4.69, 9.17) is 15.3 Å². The van der Waals surface area contributed by atoms with Gasteiger partial charge >= 0.3 is 0 Å². The summed E-state index contributed by atoms with van der Waals surface area (Å²) in [7, 11) is 1.80. The maximum atomic E-state index is 11.9. The number of rotatable bonds is 6. The SMILES string of the molecule is CC.CC1CCCOC1.CCC(=N)C(C)CC.CCC(C)C.CNCCO.Fc1ccc(F)cc1. The normalized spacial score (nSPS) is 14.5. The standard InChI is InChI=1S/C7H15N.C6H4F2.C6H12O.C5H12.C3H9NO.C2H6/c1-4-6(3)7(8)5-2;7-5-1-2-6(8)4-3-5;1-6-3-2-4-7-5-6;1-4-5(2)3;1-4-2-3-5;1-2/h6,8H,4-5H2,1-3H3;1-4H;6H,2-5H2,1H3;5H,4H2,1-3H3;4-5H,2-3H2,1H3;1-2H3. The fourth-order valence-electron chi connectivity index (χ4n) is 2.04. The van der Waals surface area contributed by atoms with E-state index < -0.39 is 11.6 Å². The second-order valence-corrected chi connectivity index (χ2v) is 8.58. The van der Waals surface area contributed by atoms with Gasteiger partial charge in [0.05, 0.1) is 6.61 Å². The minimum Gasteiger partial charge on any atom is -0.395 e. The Morgan fingerprint density at radius 2 is 1.51 bits per heavy atom. The largest absolute Gasteiger partial charge is 0.395 e. The maximum absolute atomic E-state index is 11.9. The van der Waals surface area contributed by atoms with Gasteiger partial charge in [-0.25, -0.2) is 8.78 Å². The third kappa shape index (κ3) is 37.3. The molecule has 6 heteroatoms. The van der Waals surface area contributed by atoms with Crippen LogP contribution in [0.25, 0.3) is 0 Å². The second-order valence-electron chi connectivity index (χ2n) is 8.58. The number of likely N-dealkylation sites (N-methyl/N-ethyl adjacent to an activating group) is 1. The molecule has 0 spiro atoms. The summed E-state index contributed by atoms with van der Waals surface area (Å²) >= 11 is 0. The molecule has 0 radical (unpaired) electrons. The van der Waals surface area contributed by atoms with Crippen molar-refractivity contribution in [1.82, 2.24) is 5.32 Å². The Labute approximate surface area is 216 Å². The van der Waals surface area contributed by atoms with Crippen LogP contribution in [0.15, 0.2) is 24.3 Å². The maximum Gasteiger partial charge on any atom is 0.123 e. The van der Waals surface area contributed by atoms with E-state index in [2.05, 4.69) is 46.9 Å². The Morgan fingerprint density at radius 3 is 1.66 bits per heavy atom. The first kappa shape index (κ1) is 40.8. The van der Waals surface area contributed by atoms with Gasteiger partial charge in [0.25, 0.3) is 0 Å². The number of halogens is 2. The summed E-state index contributed by atoms with van der Waals surface area (Å²) in [6, 6.07) is 4.31. The molecule has 1 aliphatic rings. The highest BCUT2D eigenvalue weighted by Gasteiger charge is 2.06. The Kier molecular flexibility index (Phi) is 38.0. The summed E-state index contributed by atoms with van der Waals surface area (Å²) in [5, 5.41) is 18.1. The summed E-state index contributed by atoms with van der Waals surface area (Å²) in [6.45, 7) is 22.0. The van der Waals surface area contributed by atoms with Crippen molar-refractivity contribution in [1.29, 1.82) is 5.41 Å². The van der Waals surface area contributed by atoms with Crippen molar-refractivity contribution in [3.8, 4) is 0 Å². The monoisotopic (exact) mass is 504 g/mol. The molecule has 4 nitrogen and oxygen atoms in total. The Hall–Kier alpha value is -1.37.